The molecule has 0 amide bonds. The Morgan fingerprint density at radius 1 is 1.31 bits per heavy atom. The first-order chi connectivity index (χ1) is 7.78. The molecule has 1 heterocycles. The standard InChI is InChI=1S/C11H14N4S/c1-8-13-11(15-14-8)16-10-5-3-9(4-6-10)7-12-2/h3-6,12H,7H2,1-2H3,(H,13,14,15). The summed E-state index contributed by atoms with van der Waals surface area (Å²) in [4.78, 5) is 5.40. The number of aromatic amines is 1. The lowest BCUT2D eigenvalue weighted by Crippen LogP contribution is -2.04. The zero-order valence-electron chi connectivity index (χ0n) is 9.32. The number of hydrogen-bond donors (Lipinski definition) is 2. The highest BCUT2D eigenvalue weighted by molar-refractivity contribution is 7.99. The molecule has 0 atom stereocenters. The third kappa shape index (κ3) is 2.84. The van der Waals surface area contributed by atoms with Crippen molar-refractivity contribution in [3.8, 4) is 0 Å². The van der Waals surface area contributed by atoms with Gasteiger partial charge in [0.25, 0.3) is 0 Å². The molecule has 1 aromatic heterocycles. The molecule has 4 nitrogen and oxygen atoms in total. The molecule has 0 radical (unpaired) electrons. The maximum Gasteiger partial charge on any atom is 0.213 e. The van der Waals surface area contributed by atoms with Gasteiger partial charge in [-0.15, -0.1) is 5.10 Å². The van der Waals surface area contributed by atoms with Crippen molar-refractivity contribution in [2.45, 2.75) is 23.5 Å². The molecule has 0 aliphatic rings. The van der Waals surface area contributed by atoms with E-state index in [0.717, 1.165) is 22.4 Å². The summed E-state index contributed by atoms with van der Waals surface area (Å²) in [5, 5.41) is 10.8. The van der Waals surface area contributed by atoms with Crippen LogP contribution in [0.25, 0.3) is 0 Å². The Morgan fingerprint density at radius 3 is 2.62 bits per heavy atom. The predicted octanol–water partition coefficient (Wildman–Crippen LogP) is 1.98. The van der Waals surface area contributed by atoms with E-state index in [0.29, 0.717) is 0 Å². The highest BCUT2D eigenvalue weighted by Crippen LogP contribution is 2.24. The molecule has 0 unspecified atom stereocenters. The highest BCUT2D eigenvalue weighted by Gasteiger charge is 2.02. The summed E-state index contributed by atoms with van der Waals surface area (Å²) in [5.74, 6) is 0.842. The van der Waals surface area contributed by atoms with Crippen molar-refractivity contribution in [1.29, 1.82) is 0 Å². The molecule has 1 aromatic carbocycles. The molecule has 0 spiro atoms. The summed E-state index contributed by atoms with van der Waals surface area (Å²) in [6, 6.07) is 8.39. The fourth-order valence-corrected chi connectivity index (χ4v) is 2.11. The van der Waals surface area contributed by atoms with Crippen LogP contribution in [0.3, 0.4) is 0 Å². The van der Waals surface area contributed by atoms with Gasteiger partial charge in [-0.25, -0.2) is 4.98 Å². The number of nitrogens with one attached hydrogen (secondary N) is 2. The van der Waals surface area contributed by atoms with Crippen molar-refractivity contribution >= 4 is 11.8 Å². The summed E-state index contributed by atoms with van der Waals surface area (Å²) >= 11 is 1.56. The number of rotatable bonds is 4. The molecule has 84 valence electrons. The van der Waals surface area contributed by atoms with E-state index in [2.05, 4.69) is 44.8 Å². The number of aryl methyl sites for hydroxylation is 1. The first kappa shape index (κ1) is 11.2. The van der Waals surface area contributed by atoms with Gasteiger partial charge < -0.3 is 5.32 Å². The molecular weight excluding hydrogens is 220 g/mol. The summed E-state index contributed by atoms with van der Waals surface area (Å²) in [6.45, 7) is 2.79. The Morgan fingerprint density at radius 2 is 2.06 bits per heavy atom. The van der Waals surface area contributed by atoms with Crippen LogP contribution in [-0.2, 0) is 6.54 Å². The van der Waals surface area contributed by atoms with Crippen molar-refractivity contribution in [2.75, 3.05) is 7.05 Å². The lowest BCUT2D eigenvalue weighted by atomic mass is 10.2. The van der Waals surface area contributed by atoms with E-state index in [1.807, 2.05) is 14.0 Å². The molecule has 0 saturated heterocycles. The second kappa shape index (κ2) is 5.14. The molecule has 2 aromatic rings. The van der Waals surface area contributed by atoms with E-state index in [4.69, 9.17) is 0 Å². The van der Waals surface area contributed by atoms with E-state index in [9.17, 15) is 0 Å². The molecule has 5 heteroatoms. The quantitative estimate of drug-likeness (QED) is 0.849. The zero-order chi connectivity index (χ0) is 11.4. The minimum Gasteiger partial charge on any atom is -0.316 e. The maximum atomic E-state index is 4.25. The Balaban J connectivity index is 2.05. The fourth-order valence-electron chi connectivity index (χ4n) is 1.35. The molecule has 0 bridgehead atoms. The summed E-state index contributed by atoms with van der Waals surface area (Å²) < 4.78 is 0. The first-order valence-electron chi connectivity index (χ1n) is 5.08. The normalized spacial score (nSPS) is 10.6. The van der Waals surface area contributed by atoms with Crippen LogP contribution in [0, 0.1) is 6.92 Å². The van der Waals surface area contributed by atoms with Gasteiger partial charge in [0.05, 0.1) is 0 Å². The zero-order valence-corrected chi connectivity index (χ0v) is 10.1. The monoisotopic (exact) mass is 234 g/mol. The predicted molar refractivity (Wildman–Crippen MR) is 64.4 cm³/mol. The molecule has 0 aliphatic carbocycles. The van der Waals surface area contributed by atoms with Gasteiger partial charge in [-0.1, -0.05) is 12.1 Å². The Bertz CT molecular complexity index is 449. The lowest BCUT2D eigenvalue weighted by Gasteiger charge is -2.01. The number of nitrogens with zero attached hydrogens (tertiary/aromatic N) is 2. The Kier molecular flexibility index (Phi) is 3.58. The van der Waals surface area contributed by atoms with Gasteiger partial charge in [0.15, 0.2) is 0 Å². The van der Waals surface area contributed by atoms with Gasteiger partial charge in [0, 0.05) is 11.4 Å². The van der Waals surface area contributed by atoms with Crippen LogP contribution in [0.5, 0.6) is 0 Å². The van der Waals surface area contributed by atoms with Crippen molar-refractivity contribution in [1.82, 2.24) is 20.5 Å². The van der Waals surface area contributed by atoms with Gasteiger partial charge in [-0.05, 0) is 43.4 Å². The van der Waals surface area contributed by atoms with Crippen molar-refractivity contribution in [3.63, 3.8) is 0 Å². The lowest BCUT2D eigenvalue weighted by molar-refractivity contribution is 0.817. The average Bonchev–Trinajstić information content (AvgIpc) is 2.67. The van der Waals surface area contributed by atoms with Crippen LogP contribution in [0.1, 0.15) is 11.4 Å². The van der Waals surface area contributed by atoms with Gasteiger partial charge in [-0.3, -0.25) is 5.10 Å². The topological polar surface area (TPSA) is 53.6 Å². The fraction of sp³-hybridized carbons (Fsp3) is 0.273. The molecule has 16 heavy (non-hydrogen) atoms. The van der Waals surface area contributed by atoms with Crippen LogP contribution in [0.4, 0.5) is 0 Å². The minimum atomic E-state index is 0.763. The van der Waals surface area contributed by atoms with Crippen LogP contribution in [-0.4, -0.2) is 22.2 Å². The SMILES string of the molecule is CNCc1ccc(Sc2n[nH]c(C)n2)cc1. The van der Waals surface area contributed by atoms with Crippen molar-refractivity contribution < 1.29 is 0 Å². The number of aromatic nitrogens is 3. The summed E-state index contributed by atoms with van der Waals surface area (Å²) in [6.07, 6.45) is 0. The van der Waals surface area contributed by atoms with E-state index in [-0.39, 0.29) is 0 Å². The molecule has 0 fully saturated rings. The van der Waals surface area contributed by atoms with Crippen LogP contribution in [0.15, 0.2) is 34.3 Å². The van der Waals surface area contributed by atoms with E-state index in [1.54, 1.807) is 11.8 Å². The maximum absolute atomic E-state index is 4.25. The molecule has 2 rings (SSSR count). The van der Waals surface area contributed by atoms with E-state index >= 15 is 0 Å². The van der Waals surface area contributed by atoms with Crippen molar-refractivity contribution in [2.24, 2.45) is 0 Å². The number of H-pyrrole nitrogens is 1. The minimum absolute atomic E-state index is 0.763. The number of hydrogen-bond acceptors (Lipinski definition) is 4. The van der Waals surface area contributed by atoms with Gasteiger partial charge in [0.2, 0.25) is 5.16 Å². The van der Waals surface area contributed by atoms with Crippen LogP contribution in [0.2, 0.25) is 0 Å². The van der Waals surface area contributed by atoms with Gasteiger partial charge >= 0.3 is 0 Å². The third-order valence-corrected chi connectivity index (χ3v) is 2.96. The van der Waals surface area contributed by atoms with Gasteiger partial charge in [0.1, 0.15) is 5.82 Å². The third-order valence-electron chi connectivity index (χ3n) is 2.09. The van der Waals surface area contributed by atoms with Gasteiger partial charge in [-0.2, -0.15) is 0 Å². The largest absolute Gasteiger partial charge is 0.316 e. The molecular formula is C11H14N4S. The van der Waals surface area contributed by atoms with E-state index in [1.165, 1.54) is 5.56 Å². The average molecular weight is 234 g/mol. The molecule has 0 aliphatic heterocycles. The summed E-state index contributed by atoms with van der Waals surface area (Å²) in [5.41, 5.74) is 1.28. The van der Waals surface area contributed by atoms with Crippen LogP contribution >= 0.6 is 11.8 Å². The smallest absolute Gasteiger partial charge is 0.213 e. The molecule has 2 N–H and O–H groups in total. The second-order valence-corrected chi connectivity index (χ2v) is 4.52. The van der Waals surface area contributed by atoms with Crippen molar-refractivity contribution in [3.05, 3.63) is 35.7 Å². The second-order valence-electron chi connectivity index (χ2n) is 3.48. The highest BCUT2D eigenvalue weighted by atomic mass is 32.2. The van der Waals surface area contributed by atoms with E-state index < -0.39 is 0 Å². The Hall–Kier alpha value is -1.33. The molecule has 0 saturated carbocycles. The first-order valence-corrected chi connectivity index (χ1v) is 5.90. The van der Waals surface area contributed by atoms with Crippen LogP contribution < -0.4 is 5.32 Å². The number of benzene rings is 1. The Labute approximate surface area is 98.9 Å². The summed E-state index contributed by atoms with van der Waals surface area (Å²) in [7, 11) is 1.94.